The number of urea groups is 1. The summed E-state index contributed by atoms with van der Waals surface area (Å²) in [7, 11) is 0. The molecule has 2 atom stereocenters. The van der Waals surface area contributed by atoms with Gasteiger partial charge < -0.3 is 25.2 Å². The molecule has 0 aliphatic carbocycles. The Morgan fingerprint density at radius 3 is 2.75 bits per heavy atom. The molecule has 2 unspecified atom stereocenters. The number of ether oxygens (including phenoxy) is 1. The van der Waals surface area contributed by atoms with Crippen LogP contribution in [-0.2, 0) is 9.53 Å². The van der Waals surface area contributed by atoms with Crippen LogP contribution in [0.15, 0.2) is 12.7 Å². The van der Waals surface area contributed by atoms with Gasteiger partial charge in [-0.15, -0.1) is 6.58 Å². The van der Waals surface area contributed by atoms with Gasteiger partial charge in [-0.3, -0.25) is 0 Å². The molecule has 1 fully saturated rings. The predicted octanol–water partition coefficient (Wildman–Crippen LogP) is 0.197. The second kappa shape index (κ2) is 6.71. The number of hydrogen-bond donors (Lipinski definition) is 3. The molecular formula is C13H22N2O5. The second-order valence-corrected chi connectivity index (χ2v) is 5.43. The molecule has 1 aliphatic heterocycles. The van der Waals surface area contributed by atoms with Gasteiger partial charge in [0.2, 0.25) is 0 Å². The Morgan fingerprint density at radius 1 is 1.60 bits per heavy atom. The number of carboxylic acids is 1. The lowest BCUT2D eigenvalue weighted by Gasteiger charge is -2.42. The first-order valence-electron chi connectivity index (χ1n) is 6.47. The molecule has 3 N–H and O–H groups in total. The SMILES string of the molecule is C=CCC(NC(=O)N1CC(CO)OC(C)(C)C1)C(=O)O. The molecule has 1 aliphatic rings. The summed E-state index contributed by atoms with van der Waals surface area (Å²) in [6, 6.07) is -1.48. The number of aliphatic hydroxyl groups excluding tert-OH is 1. The van der Waals surface area contributed by atoms with E-state index in [9.17, 15) is 14.7 Å². The first-order chi connectivity index (χ1) is 9.29. The lowest BCUT2D eigenvalue weighted by molar-refractivity contribution is -0.141. The third-order valence-electron chi connectivity index (χ3n) is 2.97. The fraction of sp³-hybridized carbons (Fsp3) is 0.692. The molecule has 0 saturated carbocycles. The molecule has 1 heterocycles. The Kier molecular flexibility index (Phi) is 5.52. The molecule has 7 heteroatoms. The lowest BCUT2D eigenvalue weighted by atomic mass is 10.1. The van der Waals surface area contributed by atoms with E-state index in [1.807, 2.05) is 13.8 Å². The fourth-order valence-electron chi connectivity index (χ4n) is 2.17. The Labute approximate surface area is 118 Å². The van der Waals surface area contributed by atoms with Crippen LogP contribution in [0.1, 0.15) is 20.3 Å². The highest BCUT2D eigenvalue weighted by Gasteiger charge is 2.36. The number of rotatable bonds is 5. The van der Waals surface area contributed by atoms with E-state index >= 15 is 0 Å². The summed E-state index contributed by atoms with van der Waals surface area (Å²) in [5, 5.41) is 20.6. The van der Waals surface area contributed by atoms with Crippen molar-refractivity contribution in [3.63, 3.8) is 0 Å². The average molecular weight is 286 g/mol. The standard InChI is InChI=1S/C13H22N2O5/c1-4-5-10(11(17)18)14-12(19)15-6-9(7-16)20-13(2,3)8-15/h4,9-10,16H,1,5-8H2,2-3H3,(H,14,19)(H,17,18). The van der Waals surface area contributed by atoms with Gasteiger partial charge in [0.15, 0.2) is 0 Å². The summed E-state index contributed by atoms with van der Waals surface area (Å²) < 4.78 is 5.60. The van der Waals surface area contributed by atoms with Crippen LogP contribution in [0.3, 0.4) is 0 Å². The van der Waals surface area contributed by atoms with E-state index in [2.05, 4.69) is 11.9 Å². The van der Waals surface area contributed by atoms with E-state index < -0.39 is 29.7 Å². The van der Waals surface area contributed by atoms with Crippen LogP contribution in [-0.4, -0.2) is 64.6 Å². The average Bonchev–Trinajstić information content (AvgIpc) is 2.35. The maximum Gasteiger partial charge on any atom is 0.326 e. The lowest BCUT2D eigenvalue weighted by Crippen LogP contribution is -2.59. The Bertz CT molecular complexity index is 383. The van der Waals surface area contributed by atoms with E-state index in [-0.39, 0.29) is 19.6 Å². The number of aliphatic hydroxyl groups is 1. The number of nitrogens with zero attached hydrogens (tertiary/aromatic N) is 1. The fourth-order valence-corrected chi connectivity index (χ4v) is 2.17. The number of morpholine rings is 1. The van der Waals surface area contributed by atoms with E-state index in [1.165, 1.54) is 11.0 Å². The van der Waals surface area contributed by atoms with Gasteiger partial charge in [0.05, 0.1) is 31.4 Å². The molecule has 0 radical (unpaired) electrons. The van der Waals surface area contributed by atoms with E-state index in [0.717, 1.165) is 0 Å². The second-order valence-electron chi connectivity index (χ2n) is 5.43. The quantitative estimate of drug-likeness (QED) is 0.627. The molecule has 114 valence electrons. The predicted molar refractivity (Wildman–Crippen MR) is 72.4 cm³/mol. The van der Waals surface area contributed by atoms with Crippen LogP contribution in [0.5, 0.6) is 0 Å². The van der Waals surface area contributed by atoms with Crippen molar-refractivity contribution in [2.75, 3.05) is 19.7 Å². The molecule has 0 aromatic rings. The highest BCUT2D eigenvalue weighted by molar-refractivity contribution is 5.82. The van der Waals surface area contributed by atoms with Gasteiger partial charge in [-0.1, -0.05) is 6.08 Å². The molecule has 0 aromatic heterocycles. The number of aliphatic carboxylic acids is 1. The highest BCUT2D eigenvalue weighted by Crippen LogP contribution is 2.20. The maximum absolute atomic E-state index is 12.1. The van der Waals surface area contributed by atoms with Crippen LogP contribution >= 0.6 is 0 Å². The molecule has 0 aromatic carbocycles. The minimum absolute atomic E-state index is 0.151. The zero-order valence-corrected chi connectivity index (χ0v) is 11.8. The monoisotopic (exact) mass is 286 g/mol. The van der Waals surface area contributed by atoms with E-state index in [1.54, 1.807) is 0 Å². The number of carboxylic acid groups (broad SMARTS) is 1. The first-order valence-corrected chi connectivity index (χ1v) is 6.47. The highest BCUT2D eigenvalue weighted by atomic mass is 16.5. The van der Waals surface area contributed by atoms with Crippen molar-refractivity contribution in [2.24, 2.45) is 0 Å². The van der Waals surface area contributed by atoms with Crippen LogP contribution in [0.4, 0.5) is 4.79 Å². The van der Waals surface area contributed by atoms with Crippen molar-refractivity contribution in [2.45, 2.75) is 38.0 Å². The minimum atomic E-state index is -1.11. The van der Waals surface area contributed by atoms with Crippen molar-refractivity contribution in [1.29, 1.82) is 0 Å². The van der Waals surface area contributed by atoms with Crippen LogP contribution in [0, 0.1) is 0 Å². The Hall–Kier alpha value is -1.60. The number of carbonyl (C=O) groups excluding carboxylic acids is 1. The number of amides is 2. The van der Waals surface area contributed by atoms with Crippen molar-refractivity contribution < 1.29 is 24.5 Å². The van der Waals surface area contributed by atoms with Crippen LogP contribution in [0.2, 0.25) is 0 Å². The van der Waals surface area contributed by atoms with Gasteiger partial charge >= 0.3 is 12.0 Å². The Morgan fingerprint density at radius 2 is 2.25 bits per heavy atom. The third-order valence-corrected chi connectivity index (χ3v) is 2.97. The summed E-state index contributed by atoms with van der Waals surface area (Å²) >= 11 is 0. The summed E-state index contributed by atoms with van der Waals surface area (Å²) in [5.74, 6) is -1.11. The number of carbonyl (C=O) groups is 2. The maximum atomic E-state index is 12.1. The number of nitrogens with one attached hydrogen (secondary N) is 1. The molecule has 0 bridgehead atoms. The van der Waals surface area contributed by atoms with Gasteiger partial charge in [0, 0.05) is 0 Å². The molecule has 7 nitrogen and oxygen atoms in total. The van der Waals surface area contributed by atoms with Crippen LogP contribution < -0.4 is 5.32 Å². The molecule has 20 heavy (non-hydrogen) atoms. The summed E-state index contributed by atoms with van der Waals surface area (Å²) in [4.78, 5) is 24.6. The zero-order chi connectivity index (χ0) is 15.3. The van der Waals surface area contributed by atoms with E-state index in [4.69, 9.17) is 9.84 Å². The summed E-state index contributed by atoms with van der Waals surface area (Å²) in [6.45, 7) is 7.46. The molecule has 1 saturated heterocycles. The normalized spacial score (nSPS) is 22.9. The van der Waals surface area contributed by atoms with Crippen molar-refractivity contribution in [1.82, 2.24) is 10.2 Å². The molecule has 0 spiro atoms. The van der Waals surface area contributed by atoms with Crippen molar-refractivity contribution in [3.05, 3.63) is 12.7 Å². The Balaban J connectivity index is 2.70. The third kappa shape index (κ3) is 4.50. The van der Waals surface area contributed by atoms with Gasteiger partial charge in [-0.25, -0.2) is 9.59 Å². The van der Waals surface area contributed by atoms with Crippen molar-refractivity contribution >= 4 is 12.0 Å². The first kappa shape index (κ1) is 16.5. The zero-order valence-electron chi connectivity index (χ0n) is 11.8. The largest absolute Gasteiger partial charge is 0.480 e. The van der Waals surface area contributed by atoms with Gasteiger partial charge in [0.1, 0.15) is 6.04 Å². The van der Waals surface area contributed by atoms with Gasteiger partial charge in [-0.05, 0) is 20.3 Å². The molecular weight excluding hydrogens is 264 g/mol. The van der Waals surface area contributed by atoms with E-state index in [0.29, 0.717) is 6.54 Å². The smallest absolute Gasteiger partial charge is 0.326 e. The van der Waals surface area contributed by atoms with Gasteiger partial charge in [0.25, 0.3) is 0 Å². The van der Waals surface area contributed by atoms with Crippen LogP contribution in [0.25, 0.3) is 0 Å². The number of hydrogen-bond acceptors (Lipinski definition) is 4. The molecule has 1 rings (SSSR count). The topological polar surface area (TPSA) is 99.1 Å². The summed E-state index contributed by atoms with van der Waals surface area (Å²) in [5.41, 5.74) is -0.583. The molecule has 2 amide bonds. The minimum Gasteiger partial charge on any atom is -0.480 e. The van der Waals surface area contributed by atoms with Gasteiger partial charge in [-0.2, -0.15) is 0 Å². The van der Waals surface area contributed by atoms with Crippen molar-refractivity contribution in [3.8, 4) is 0 Å². The summed E-state index contributed by atoms with van der Waals surface area (Å²) in [6.07, 6.45) is 1.13.